The van der Waals surface area contributed by atoms with Crippen LogP contribution in [0.4, 0.5) is 13.2 Å². The highest BCUT2D eigenvalue weighted by Crippen LogP contribution is 2.33. The molecule has 12 heteroatoms. The van der Waals surface area contributed by atoms with Crippen molar-refractivity contribution in [2.45, 2.75) is 12.7 Å². The van der Waals surface area contributed by atoms with Gasteiger partial charge >= 0.3 is 6.18 Å². The van der Waals surface area contributed by atoms with Crippen LogP contribution in [0.3, 0.4) is 0 Å². The van der Waals surface area contributed by atoms with Crippen LogP contribution in [-0.2, 0) is 12.7 Å². The average Bonchev–Trinajstić information content (AvgIpc) is 3.33. The fourth-order valence-corrected chi connectivity index (χ4v) is 4.86. The second kappa shape index (κ2) is 10.4. The smallest absolute Gasteiger partial charge is 0.433 e. The first-order chi connectivity index (χ1) is 18.1. The van der Waals surface area contributed by atoms with Gasteiger partial charge in [-0.15, -0.1) is 0 Å². The summed E-state index contributed by atoms with van der Waals surface area (Å²) in [6.07, 6.45) is -3.55. The quantitative estimate of drug-likeness (QED) is 0.312. The van der Waals surface area contributed by atoms with Crippen molar-refractivity contribution < 1.29 is 22.7 Å². The first-order valence-corrected chi connectivity index (χ1v) is 12.5. The molecule has 2 aromatic carbocycles. The lowest BCUT2D eigenvalue weighted by molar-refractivity contribution is -0.142. The van der Waals surface area contributed by atoms with Gasteiger partial charge < -0.3 is 9.64 Å². The Bertz CT molecular complexity index is 1480. The van der Waals surface area contributed by atoms with Gasteiger partial charge in [0.25, 0.3) is 5.91 Å². The molecule has 1 fully saturated rings. The lowest BCUT2D eigenvalue weighted by Crippen LogP contribution is -2.48. The van der Waals surface area contributed by atoms with Crippen LogP contribution in [0.5, 0.6) is 5.75 Å². The molecule has 38 heavy (non-hydrogen) atoms. The van der Waals surface area contributed by atoms with Gasteiger partial charge in [-0.25, -0.2) is 9.50 Å². The van der Waals surface area contributed by atoms with Crippen molar-refractivity contribution in [3.8, 4) is 17.0 Å². The van der Waals surface area contributed by atoms with Crippen LogP contribution in [0.25, 0.3) is 16.9 Å². The number of piperazine rings is 1. The van der Waals surface area contributed by atoms with Gasteiger partial charge in [-0.2, -0.15) is 18.3 Å². The number of nitrogens with zero attached hydrogens (tertiary/aromatic N) is 5. The van der Waals surface area contributed by atoms with E-state index in [0.717, 1.165) is 17.8 Å². The number of aromatic nitrogens is 3. The number of carbonyl (C=O) groups excluding carboxylic acids is 1. The molecule has 1 aliphatic heterocycles. The fraction of sp³-hybridized carbons (Fsp3) is 0.269. The number of hydrogen-bond donors (Lipinski definition) is 0. The van der Waals surface area contributed by atoms with Crippen LogP contribution in [0, 0.1) is 0 Å². The lowest BCUT2D eigenvalue weighted by Gasteiger charge is -2.34. The van der Waals surface area contributed by atoms with Crippen LogP contribution >= 0.6 is 23.2 Å². The molecule has 0 atom stereocenters. The highest BCUT2D eigenvalue weighted by molar-refractivity contribution is 6.35. The van der Waals surface area contributed by atoms with Crippen molar-refractivity contribution in [1.29, 1.82) is 0 Å². The number of amides is 1. The largest absolute Gasteiger partial charge is 0.497 e. The van der Waals surface area contributed by atoms with Crippen LogP contribution in [-0.4, -0.2) is 63.6 Å². The van der Waals surface area contributed by atoms with E-state index in [4.69, 9.17) is 27.9 Å². The van der Waals surface area contributed by atoms with Gasteiger partial charge in [0.15, 0.2) is 11.3 Å². The molecule has 1 saturated heterocycles. The van der Waals surface area contributed by atoms with E-state index in [2.05, 4.69) is 15.0 Å². The third-order valence-corrected chi connectivity index (χ3v) is 7.03. The second-order valence-electron chi connectivity index (χ2n) is 8.85. The molecule has 0 saturated carbocycles. The first kappa shape index (κ1) is 26.3. The zero-order valence-electron chi connectivity index (χ0n) is 20.2. The average molecular weight is 564 g/mol. The molecule has 0 unspecified atom stereocenters. The Kier molecular flexibility index (Phi) is 7.21. The van der Waals surface area contributed by atoms with Gasteiger partial charge in [-0.05, 0) is 48.0 Å². The Morgan fingerprint density at radius 1 is 1.03 bits per heavy atom. The Balaban J connectivity index is 1.40. The van der Waals surface area contributed by atoms with E-state index in [1.807, 2.05) is 6.07 Å². The summed E-state index contributed by atoms with van der Waals surface area (Å²) >= 11 is 12.3. The third kappa shape index (κ3) is 5.29. The molecule has 5 rings (SSSR count). The topological polar surface area (TPSA) is 63.0 Å². The zero-order valence-corrected chi connectivity index (χ0v) is 21.7. The molecule has 1 amide bonds. The summed E-state index contributed by atoms with van der Waals surface area (Å²) in [5.41, 5.74) is 0.302. The summed E-state index contributed by atoms with van der Waals surface area (Å²) in [4.78, 5) is 21.6. The molecule has 198 valence electrons. The minimum atomic E-state index is -4.71. The molecule has 0 bridgehead atoms. The van der Waals surface area contributed by atoms with Gasteiger partial charge in [-0.3, -0.25) is 9.69 Å². The van der Waals surface area contributed by atoms with Crippen molar-refractivity contribution in [2.24, 2.45) is 0 Å². The molecule has 2 aromatic heterocycles. The predicted octanol–water partition coefficient (Wildman–Crippen LogP) is 5.69. The highest BCUT2D eigenvalue weighted by Gasteiger charge is 2.36. The number of fused-ring (bicyclic) bond motifs is 1. The van der Waals surface area contributed by atoms with E-state index in [1.165, 1.54) is 7.11 Å². The zero-order chi connectivity index (χ0) is 27.0. The van der Waals surface area contributed by atoms with E-state index in [0.29, 0.717) is 58.6 Å². The lowest BCUT2D eigenvalue weighted by atomic mass is 10.1. The van der Waals surface area contributed by atoms with Gasteiger partial charge in [0, 0.05) is 48.3 Å². The maximum absolute atomic E-state index is 13.9. The normalized spacial score (nSPS) is 14.7. The fourth-order valence-electron chi connectivity index (χ4n) is 4.40. The number of alkyl halides is 3. The molecule has 0 N–H and O–H groups in total. The molecular weight excluding hydrogens is 542 g/mol. The summed E-state index contributed by atoms with van der Waals surface area (Å²) in [5.74, 6) is 0.139. The number of carbonyl (C=O) groups is 1. The third-order valence-electron chi connectivity index (χ3n) is 6.45. The van der Waals surface area contributed by atoms with Gasteiger partial charge in [0.1, 0.15) is 11.3 Å². The standard InChI is InChI=1S/C26H22Cl2F3N5O2/c1-38-19-6-3-16(4-7-19)22-13-23(26(29,30)31)36-24(33-22)20(14-32-36)25(37)35-10-8-34(9-11-35)15-17-2-5-18(27)12-21(17)28/h2-7,12-14H,8-11,15H2,1H3. The van der Waals surface area contributed by atoms with Gasteiger partial charge in [0.05, 0.1) is 19.0 Å². The monoisotopic (exact) mass is 563 g/mol. The molecule has 0 spiro atoms. The minimum absolute atomic E-state index is 0.0139. The maximum Gasteiger partial charge on any atom is 0.433 e. The van der Waals surface area contributed by atoms with E-state index in [1.54, 1.807) is 41.3 Å². The molecule has 7 nitrogen and oxygen atoms in total. The van der Waals surface area contributed by atoms with E-state index < -0.39 is 17.8 Å². The van der Waals surface area contributed by atoms with Crippen LogP contribution in [0.2, 0.25) is 10.0 Å². The van der Waals surface area contributed by atoms with Crippen molar-refractivity contribution in [3.63, 3.8) is 0 Å². The van der Waals surface area contributed by atoms with Crippen molar-refractivity contribution in [3.05, 3.63) is 81.6 Å². The van der Waals surface area contributed by atoms with Crippen LogP contribution in [0.15, 0.2) is 54.7 Å². The van der Waals surface area contributed by atoms with E-state index in [9.17, 15) is 18.0 Å². The molecule has 0 aliphatic carbocycles. The molecule has 1 aliphatic rings. The Morgan fingerprint density at radius 2 is 1.74 bits per heavy atom. The molecule has 0 radical (unpaired) electrons. The summed E-state index contributed by atoms with van der Waals surface area (Å²) in [5, 5.41) is 5.01. The number of halogens is 5. The molecular formula is C26H22Cl2F3N5O2. The molecule has 4 aromatic rings. The second-order valence-corrected chi connectivity index (χ2v) is 9.69. The SMILES string of the molecule is COc1ccc(-c2cc(C(F)(F)F)n3ncc(C(=O)N4CCN(Cc5ccc(Cl)cc5Cl)CC4)c3n2)cc1. The molecule has 3 heterocycles. The van der Waals surface area contributed by atoms with Gasteiger partial charge in [-0.1, -0.05) is 29.3 Å². The van der Waals surface area contributed by atoms with Gasteiger partial charge in [0.2, 0.25) is 0 Å². The predicted molar refractivity (Wildman–Crippen MR) is 138 cm³/mol. The maximum atomic E-state index is 13.9. The Hall–Kier alpha value is -3.34. The summed E-state index contributed by atoms with van der Waals surface area (Å²) in [6.45, 7) is 2.53. The summed E-state index contributed by atoms with van der Waals surface area (Å²) in [6, 6.07) is 12.7. The number of benzene rings is 2. The van der Waals surface area contributed by atoms with Crippen molar-refractivity contribution in [1.82, 2.24) is 24.4 Å². The summed E-state index contributed by atoms with van der Waals surface area (Å²) < 4.78 is 47.6. The van der Waals surface area contributed by atoms with Crippen LogP contribution < -0.4 is 4.74 Å². The number of methoxy groups -OCH3 is 1. The highest BCUT2D eigenvalue weighted by atomic mass is 35.5. The first-order valence-electron chi connectivity index (χ1n) is 11.7. The van der Waals surface area contributed by atoms with E-state index in [-0.39, 0.29) is 16.9 Å². The number of hydrogen-bond acceptors (Lipinski definition) is 5. The Morgan fingerprint density at radius 3 is 2.37 bits per heavy atom. The summed E-state index contributed by atoms with van der Waals surface area (Å²) in [7, 11) is 1.50. The number of ether oxygens (including phenoxy) is 1. The van der Waals surface area contributed by atoms with E-state index >= 15 is 0 Å². The Labute approximate surface area is 226 Å². The minimum Gasteiger partial charge on any atom is -0.497 e. The van der Waals surface area contributed by atoms with Crippen LogP contribution in [0.1, 0.15) is 21.6 Å². The number of rotatable bonds is 5. The van der Waals surface area contributed by atoms with Crippen molar-refractivity contribution in [2.75, 3.05) is 33.3 Å². The van der Waals surface area contributed by atoms with Crippen molar-refractivity contribution >= 4 is 34.8 Å².